The van der Waals surface area contributed by atoms with E-state index in [2.05, 4.69) is 4.72 Å². The van der Waals surface area contributed by atoms with Crippen LogP contribution in [0, 0.1) is 0 Å². The fraction of sp³-hybridized carbons (Fsp3) is 0.571. The maximum Gasteiger partial charge on any atom is 0.208 e. The first-order valence-corrected chi connectivity index (χ1v) is 8.52. The van der Waals surface area contributed by atoms with Crippen LogP contribution in [0.1, 0.15) is 18.4 Å². The molecule has 6 heteroatoms. The molecule has 0 saturated carbocycles. The van der Waals surface area contributed by atoms with Gasteiger partial charge in [-0.2, -0.15) is 0 Å². The summed E-state index contributed by atoms with van der Waals surface area (Å²) >= 11 is 0. The number of benzene rings is 1. The van der Waals surface area contributed by atoms with E-state index >= 15 is 0 Å². The Morgan fingerprint density at radius 3 is 2.55 bits per heavy atom. The molecule has 1 saturated heterocycles. The minimum absolute atomic E-state index is 0.270. The third kappa shape index (κ3) is 3.50. The summed E-state index contributed by atoms with van der Waals surface area (Å²) in [6.07, 6.45) is 2.73. The van der Waals surface area contributed by atoms with Gasteiger partial charge < -0.3 is 9.47 Å². The van der Waals surface area contributed by atoms with Crippen molar-refractivity contribution in [3.8, 4) is 5.75 Å². The van der Waals surface area contributed by atoms with E-state index < -0.39 is 10.0 Å². The topological polar surface area (TPSA) is 64.6 Å². The van der Waals surface area contributed by atoms with E-state index in [0.29, 0.717) is 19.8 Å². The first-order chi connectivity index (χ1) is 9.47. The molecule has 0 atom stereocenters. The first-order valence-electron chi connectivity index (χ1n) is 6.63. The molecule has 1 fully saturated rings. The maximum atomic E-state index is 11.4. The molecular weight excluding hydrogens is 278 g/mol. The summed E-state index contributed by atoms with van der Waals surface area (Å²) in [7, 11) is -1.59. The van der Waals surface area contributed by atoms with E-state index in [9.17, 15) is 8.42 Å². The molecule has 1 aromatic carbocycles. The minimum atomic E-state index is -3.22. The Kier molecular flexibility index (Phi) is 4.67. The molecule has 0 aliphatic carbocycles. The van der Waals surface area contributed by atoms with Crippen molar-refractivity contribution in [2.45, 2.75) is 18.3 Å². The van der Waals surface area contributed by atoms with E-state index in [1.165, 1.54) is 6.26 Å². The van der Waals surface area contributed by atoms with Crippen molar-refractivity contribution in [3.63, 3.8) is 0 Å². The molecule has 1 N–H and O–H groups in total. The van der Waals surface area contributed by atoms with Gasteiger partial charge in [-0.25, -0.2) is 13.1 Å². The van der Waals surface area contributed by atoms with Crippen LogP contribution in [0.4, 0.5) is 0 Å². The normalized spacial score (nSPS) is 18.7. The van der Waals surface area contributed by atoms with E-state index in [4.69, 9.17) is 9.47 Å². The highest BCUT2D eigenvalue weighted by Gasteiger charge is 2.37. The number of methoxy groups -OCH3 is 1. The Bertz CT molecular complexity index is 550. The molecule has 0 radical (unpaired) electrons. The largest absolute Gasteiger partial charge is 0.496 e. The van der Waals surface area contributed by atoms with Gasteiger partial charge in [0.1, 0.15) is 5.75 Å². The van der Waals surface area contributed by atoms with Crippen LogP contribution in [0.3, 0.4) is 0 Å². The minimum Gasteiger partial charge on any atom is -0.496 e. The molecule has 2 rings (SSSR count). The fourth-order valence-corrected chi connectivity index (χ4v) is 3.19. The molecule has 0 unspecified atom stereocenters. The molecule has 1 aromatic rings. The fourth-order valence-electron chi connectivity index (χ4n) is 2.66. The number of sulfonamides is 1. The lowest BCUT2D eigenvalue weighted by Gasteiger charge is -2.38. The zero-order valence-electron chi connectivity index (χ0n) is 11.9. The Hall–Kier alpha value is -1.11. The van der Waals surface area contributed by atoms with Crippen molar-refractivity contribution >= 4 is 10.0 Å². The van der Waals surface area contributed by atoms with Crippen LogP contribution in [0.2, 0.25) is 0 Å². The maximum absolute atomic E-state index is 11.4. The van der Waals surface area contributed by atoms with Gasteiger partial charge in [0.25, 0.3) is 0 Å². The van der Waals surface area contributed by atoms with Gasteiger partial charge in [0.15, 0.2) is 0 Å². The van der Waals surface area contributed by atoms with E-state index in [1.807, 2.05) is 24.3 Å². The van der Waals surface area contributed by atoms with Gasteiger partial charge in [0, 0.05) is 30.7 Å². The average Bonchev–Trinajstić information content (AvgIpc) is 2.45. The van der Waals surface area contributed by atoms with E-state index in [-0.39, 0.29) is 5.41 Å². The number of rotatable bonds is 5. The smallest absolute Gasteiger partial charge is 0.208 e. The lowest BCUT2D eigenvalue weighted by molar-refractivity contribution is 0.0509. The third-order valence-electron chi connectivity index (χ3n) is 3.80. The number of hydrogen-bond acceptors (Lipinski definition) is 4. The summed E-state index contributed by atoms with van der Waals surface area (Å²) < 4.78 is 36.4. The second-order valence-electron chi connectivity index (χ2n) is 5.19. The van der Waals surface area contributed by atoms with Gasteiger partial charge in [-0.3, -0.25) is 0 Å². The summed E-state index contributed by atoms with van der Waals surface area (Å²) in [6, 6.07) is 7.79. The molecule has 0 amide bonds. The van der Waals surface area contributed by atoms with Gasteiger partial charge in [-0.05, 0) is 18.9 Å². The summed E-state index contributed by atoms with van der Waals surface area (Å²) in [5.74, 6) is 0.796. The SMILES string of the molecule is COc1ccccc1C1(CNS(C)(=O)=O)CCOCC1. The van der Waals surface area contributed by atoms with Gasteiger partial charge in [0.2, 0.25) is 10.0 Å². The Morgan fingerprint density at radius 1 is 1.30 bits per heavy atom. The van der Waals surface area contributed by atoms with Crippen LogP contribution in [0.25, 0.3) is 0 Å². The van der Waals surface area contributed by atoms with Crippen molar-refractivity contribution in [2.75, 3.05) is 33.1 Å². The van der Waals surface area contributed by atoms with Crippen LogP contribution in [0.5, 0.6) is 5.75 Å². The summed E-state index contributed by atoms with van der Waals surface area (Å²) in [4.78, 5) is 0. The molecule has 0 bridgehead atoms. The Balaban J connectivity index is 2.35. The number of hydrogen-bond donors (Lipinski definition) is 1. The molecule has 5 nitrogen and oxygen atoms in total. The highest BCUT2D eigenvalue weighted by atomic mass is 32.2. The summed E-state index contributed by atoms with van der Waals surface area (Å²) in [5.41, 5.74) is 0.774. The molecule has 1 heterocycles. The van der Waals surface area contributed by atoms with Crippen LogP contribution < -0.4 is 9.46 Å². The Morgan fingerprint density at radius 2 is 1.95 bits per heavy atom. The first kappa shape index (κ1) is 15.3. The quantitative estimate of drug-likeness (QED) is 0.890. The second kappa shape index (κ2) is 6.11. The van der Waals surface area contributed by atoms with Gasteiger partial charge in [-0.15, -0.1) is 0 Å². The van der Waals surface area contributed by atoms with Crippen LogP contribution in [0.15, 0.2) is 24.3 Å². The highest BCUT2D eigenvalue weighted by Crippen LogP contribution is 2.39. The molecular formula is C14H21NO4S. The van der Waals surface area contributed by atoms with Crippen molar-refractivity contribution in [2.24, 2.45) is 0 Å². The van der Waals surface area contributed by atoms with Crippen LogP contribution >= 0.6 is 0 Å². The predicted octanol–water partition coefficient (Wildman–Crippen LogP) is 1.29. The zero-order chi connectivity index (χ0) is 14.6. The highest BCUT2D eigenvalue weighted by molar-refractivity contribution is 7.88. The Labute approximate surface area is 120 Å². The number of nitrogens with one attached hydrogen (secondary N) is 1. The molecule has 112 valence electrons. The van der Waals surface area contributed by atoms with Gasteiger partial charge >= 0.3 is 0 Å². The third-order valence-corrected chi connectivity index (χ3v) is 4.47. The monoisotopic (exact) mass is 299 g/mol. The van der Waals surface area contributed by atoms with Crippen molar-refractivity contribution < 1.29 is 17.9 Å². The van der Waals surface area contributed by atoms with Gasteiger partial charge in [0.05, 0.1) is 13.4 Å². The average molecular weight is 299 g/mol. The molecule has 20 heavy (non-hydrogen) atoms. The van der Waals surface area contributed by atoms with Crippen LogP contribution in [-0.2, 0) is 20.2 Å². The zero-order valence-corrected chi connectivity index (χ0v) is 12.7. The van der Waals surface area contributed by atoms with Crippen molar-refractivity contribution in [3.05, 3.63) is 29.8 Å². The van der Waals surface area contributed by atoms with Crippen molar-refractivity contribution in [1.29, 1.82) is 0 Å². The van der Waals surface area contributed by atoms with Crippen LogP contribution in [-0.4, -0.2) is 41.5 Å². The molecule has 0 aromatic heterocycles. The number of para-hydroxylation sites is 1. The number of ether oxygens (including phenoxy) is 2. The molecule has 1 aliphatic rings. The lowest BCUT2D eigenvalue weighted by Crippen LogP contribution is -2.44. The van der Waals surface area contributed by atoms with Gasteiger partial charge in [-0.1, -0.05) is 18.2 Å². The molecule has 0 spiro atoms. The second-order valence-corrected chi connectivity index (χ2v) is 7.02. The lowest BCUT2D eigenvalue weighted by atomic mass is 9.74. The van der Waals surface area contributed by atoms with E-state index in [1.54, 1.807) is 7.11 Å². The summed E-state index contributed by atoms with van der Waals surface area (Å²) in [6.45, 7) is 1.63. The standard InChI is InChI=1S/C14H21NO4S/c1-18-13-6-4-3-5-12(13)14(7-9-19-10-8-14)11-15-20(2,16)17/h3-6,15H,7-11H2,1-2H3. The molecule has 1 aliphatic heterocycles. The summed E-state index contributed by atoms with van der Waals surface area (Å²) in [5, 5.41) is 0. The predicted molar refractivity (Wildman–Crippen MR) is 77.6 cm³/mol. The van der Waals surface area contributed by atoms with E-state index in [0.717, 1.165) is 24.2 Å². The van der Waals surface area contributed by atoms with Crippen molar-refractivity contribution in [1.82, 2.24) is 4.72 Å².